The molecule has 1 atom stereocenters. The van der Waals surface area contributed by atoms with Gasteiger partial charge in [-0.3, -0.25) is 0 Å². The molecule has 0 amide bonds. The first-order valence-electron chi connectivity index (χ1n) is 11.7. The second kappa shape index (κ2) is 11.7. The molecule has 0 radical (unpaired) electrons. The van der Waals surface area contributed by atoms with Crippen LogP contribution in [0.3, 0.4) is 0 Å². The predicted octanol–water partition coefficient (Wildman–Crippen LogP) is 4.06. The van der Waals surface area contributed by atoms with Crippen LogP contribution in [0.4, 0.5) is 13.6 Å². The average molecular weight is 514 g/mol. The van der Waals surface area contributed by atoms with Gasteiger partial charge in [0.1, 0.15) is 29.0 Å². The number of hydrogen-bond donors (Lipinski definition) is 0. The Morgan fingerprint density at radius 3 is 2.14 bits per heavy atom. The zero-order chi connectivity index (χ0) is 27.3. The summed E-state index contributed by atoms with van der Waals surface area (Å²) < 4.78 is 48.7. The number of benzene rings is 1. The molecule has 0 bridgehead atoms. The summed E-state index contributed by atoms with van der Waals surface area (Å²) in [6.45, 7) is 7.33. The molecule has 1 fully saturated rings. The Bertz CT molecular complexity index is 976. The zero-order valence-electron chi connectivity index (χ0n) is 20.9. The van der Waals surface area contributed by atoms with Crippen molar-refractivity contribution in [3.63, 3.8) is 0 Å². The van der Waals surface area contributed by atoms with Gasteiger partial charge in [0, 0.05) is 0 Å². The van der Waals surface area contributed by atoms with E-state index in [0.29, 0.717) is 12.8 Å². The fraction of sp³-hybridized carbons (Fsp3) is 0.600. The molecule has 1 aliphatic rings. The Morgan fingerprint density at radius 1 is 1.00 bits per heavy atom. The van der Waals surface area contributed by atoms with Crippen molar-refractivity contribution in [3.05, 3.63) is 29.3 Å². The van der Waals surface area contributed by atoms with Gasteiger partial charge in [-0.15, -0.1) is 0 Å². The van der Waals surface area contributed by atoms with Crippen molar-refractivity contribution in [2.45, 2.75) is 90.5 Å². The van der Waals surface area contributed by atoms with E-state index in [1.807, 2.05) is 0 Å². The van der Waals surface area contributed by atoms with E-state index < -0.39 is 47.6 Å². The first-order valence-corrected chi connectivity index (χ1v) is 11.7. The fourth-order valence-electron chi connectivity index (χ4n) is 3.59. The summed E-state index contributed by atoms with van der Waals surface area (Å²) in [7, 11) is 0. The van der Waals surface area contributed by atoms with Gasteiger partial charge < -0.3 is 28.8 Å². The molecule has 0 aliphatic heterocycles. The number of halogens is 2. The molecule has 9 nitrogen and oxygen atoms in total. The maximum atomic E-state index is 14.1. The van der Waals surface area contributed by atoms with Gasteiger partial charge in [0.15, 0.2) is 6.10 Å². The zero-order valence-corrected chi connectivity index (χ0v) is 20.9. The van der Waals surface area contributed by atoms with E-state index in [-0.39, 0.29) is 23.0 Å². The number of alkyl halides is 2. The van der Waals surface area contributed by atoms with E-state index in [1.165, 1.54) is 13.8 Å². The molecular weight excluding hydrogens is 482 g/mol. The number of esters is 2. The van der Waals surface area contributed by atoms with Crippen molar-refractivity contribution >= 4 is 24.1 Å². The average Bonchev–Trinajstić information content (AvgIpc) is 2.76. The molecule has 1 unspecified atom stereocenters. The van der Waals surface area contributed by atoms with E-state index in [2.05, 4.69) is 0 Å². The number of hydrogen-bond acceptors (Lipinski definition) is 9. The third kappa shape index (κ3) is 7.89. The Labute approximate surface area is 208 Å². The highest BCUT2D eigenvalue weighted by atomic mass is 19.3. The van der Waals surface area contributed by atoms with Gasteiger partial charge in [-0.1, -0.05) is 20.3 Å². The van der Waals surface area contributed by atoms with Gasteiger partial charge in [0.05, 0.1) is 5.56 Å². The number of carboxylic acids is 1. The van der Waals surface area contributed by atoms with Gasteiger partial charge in [0.25, 0.3) is 0 Å². The molecule has 0 N–H and O–H groups in total. The van der Waals surface area contributed by atoms with E-state index in [9.17, 15) is 33.1 Å². The van der Waals surface area contributed by atoms with Gasteiger partial charge in [-0.05, 0) is 70.6 Å². The second-order valence-electron chi connectivity index (χ2n) is 9.92. The van der Waals surface area contributed by atoms with Gasteiger partial charge >= 0.3 is 24.0 Å². The van der Waals surface area contributed by atoms with Crippen molar-refractivity contribution in [1.82, 2.24) is 0 Å². The number of carbonyl (C=O) groups is 4. The van der Waals surface area contributed by atoms with Crippen LogP contribution in [0.1, 0.15) is 87.4 Å². The Kier molecular flexibility index (Phi) is 9.39. The number of ether oxygens (including phenoxy) is 4. The lowest BCUT2D eigenvalue weighted by atomic mass is 9.98. The van der Waals surface area contributed by atoms with E-state index >= 15 is 0 Å². The number of rotatable bonds is 8. The molecule has 0 spiro atoms. The Hall–Kier alpha value is -3.24. The maximum Gasteiger partial charge on any atom is 0.514 e. The molecule has 200 valence electrons. The van der Waals surface area contributed by atoms with Gasteiger partial charge in [0.2, 0.25) is 0 Å². The van der Waals surface area contributed by atoms with E-state index in [0.717, 1.165) is 37.5 Å². The molecule has 36 heavy (non-hydrogen) atoms. The SMILES string of the molecule is CC(C)C(OC(=O)c1ccc(OC(=O)OC(C)(C)C)c(C(=O)OC2CCCCC2)c1)C(F)(F)C(=O)[O-]. The normalized spacial score (nSPS) is 15.7. The van der Waals surface area contributed by atoms with Crippen molar-refractivity contribution in [3.8, 4) is 5.75 Å². The van der Waals surface area contributed by atoms with Gasteiger partial charge in [-0.25, -0.2) is 14.4 Å². The molecule has 1 aliphatic carbocycles. The molecule has 0 aromatic heterocycles. The third-order valence-corrected chi connectivity index (χ3v) is 5.31. The lowest BCUT2D eigenvalue weighted by Gasteiger charge is -2.30. The Morgan fingerprint density at radius 2 is 1.61 bits per heavy atom. The molecule has 0 heterocycles. The summed E-state index contributed by atoms with van der Waals surface area (Å²) in [4.78, 5) is 48.7. The second-order valence-corrected chi connectivity index (χ2v) is 9.92. The minimum atomic E-state index is -4.45. The summed E-state index contributed by atoms with van der Waals surface area (Å²) in [5, 5.41) is 10.9. The molecule has 1 saturated carbocycles. The highest BCUT2D eigenvalue weighted by Gasteiger charge is 2.46. The van der Waals surface area contributed by atoms with Crippen molar-refractivity contribution in [2.75, 3.05) is 0 Å². The smallest absolute Gasteiger partial charge is 0.514 e. The molecule has 1 aromatic rings. The molecule has 1 aromatic carbocycles. The monoisotopic (exact) mass is 513 g/mol. The van der Waals surface area contributed by atoms with E-state index in [1.54, 1.807) is 20.8 Å². The number of carbonyl (C=O) groups excluding carboxylic acids is 4. The quantitative estimate of drug-likeness (QED) is 0.287. The van der Waals surface area contributed by atoms with E-state index in [4.69, 9.17) is 18.9 Å². The fourth-order valence-corrected chi connectivity index (χ4v) is 3.59. The minimum absolute atomic E-state index is 0.276. The molecule has 11 heteroatoms. The minimum Gasteiger partial charge on any atom is -0.544 e. The van der Waals surface area contributed by atoms with Crippen molar-refractivity contribution < 1.29 is 52.0 Å². The first-order chi connectivity index (χ1) is 16.6. The summed E-state index contributed by atoms with van der Waals surface area (Å²) in [5.41, 5.74) is -1.57. The summed E-state index contributed by atoms with van der Waals surface area (Å²) in [5.74, 6) is -10.7. The van der Waals surface area contributed by atoms with Crippen LogP contribution >= 0.6 is 0 Å². The highest BCUT2D eigenvalue weighted by molar-refractivity contribution is 5.98. The van der Waals surface area contributed by atoms with Crippen LogP contribution in [0.2, 0.25) is 0 Å². The molecule has 0 saturated heterocycles. The van der Waals surface area contributed by atoms with Crippen LogP contribution in [-0.4, -0.2) is 47.8 Å². The van der Waals surface area contributed by atoms with Crippen molar-refractivity contribution in [2.24, 2.45) is 5.92 Å². The third-order valence-electron chi connectivity index (χ3n) is 5.31. The lowest BCUT2D eigenvalue weighted by Crippen LogP contribution is -2.53. The standard InChI is InChI=1S/C25H32F2O9/c1-14(2)19(25(26,27)22(30)31)35-20(28)15-11-12-18(34-23(32)36-24(3,4)5)17(13-15)21(29)33-16-9-7-6-8-10-16/h11-14,16,19H,6-10H2,1-5H3,(H,30,31)/p-1. The van der Waals surface area contributed by atoms with Crippen LogP contribution in [0.25, 0.3) is 0 Å². The topological polar surface area (TPSA) is 128 Å². The highest BCUT2D eigenvalue weighted by Crippen LogP contribution is 2.30. The summed E-state index contributed by atoms with van der Waals surface area (Å²) in [6.07, 6.45) is 0.222. The first kappa shape index (κ1) is 29.0. The number of aliphatic carboxylic acids is 1. The lowest BCUT2D eigenvalue weighted by molar-refractivity contribution is -0.337. The van der Waals surface area contributed by atoms with Crippen LogP contribution in [-0.2, 0) is 19.0 Å². The Balaban J connectivity index is 2.36. The van der Waals surface area contributed by atoms with Crippen molar-refractivity contribution in [1.29, 1.82) is 0 Å². The maximum absolute atomic E-state index is 14.1. The number of carboxylic acid groups (broad SMARTS) is 1. The largest absolute Gasteiger partial charge is 0.544 e. The predicted molar refractivity (Wildman–Crippen MR) is 120 cm³/mol. The molecular formula is C25H31F2O9-. The van der Waals surface area contributed by atoms with Crippen LogP contribution < -0.4 is 9.84 Å². The van der Waals surface area contributed by atoms with Crippen LogP contribution in [0, 0.1) is 5.92 Å². The molecule has 2 rings (SSSR count). The van der Waals surface area contributed by atoms with Gasteiger partial charge in [-0.2, -0.15) is 8.78 Å². The summed E-state index contributed by atoms with van der Waals surface area (Å²) in [6, 6.07) is 3.15. The van der Waals surface area contributed by atoms with Crippen LogP contribution in [0.5, 0.6) is 5.75 Å². The van der Waals surface area contributed by atoms with Crippen LogP contribution in [0.15, 0.2) is 18.2 Å². The summed E-state index contributed by atoms with van der Waals surface area (Å²) >= 11 is 0.